The van der Waals surface area contributed by atoms with Crippen LogP contribution >= 0.6 is 0 Å². The summed E-state index contributed by atoms with van der Waals surface area (Å²) >= 11 is 0. The summed E-state index contributed by atoms with van der Waals surface area (Å²) in [4.78, 5) is 44.6. The highest BCUT2D eigenvalue weighted by Gasteiger charge is 2.24. The number of carbonyl (C=O) groups is 2. The van der Waals surface area contributed by atoms with Gasteiger partial charge in [-0.3, -0.25) is 25.0 Å². The van der Waals surface area contributed by atoms with Crippen molar-refractivity contribution < 1.29 is 24.2 Å². The van der Waals surface area contributed by atoms with Gasteiger partial charge in [0, 0.05) is 23.4 Å². The fourth-order valence-corrected chi connectivity index (χ4v) is 2.36. The van der Waals surface area contributed by atoms with Gasteiger partial charge in [-0.05, 0) is 31.5 Å². The Balaban J connectivity index is 2.04. The van der Waals surface area contributed by atoms with Crippen LogP contribution < -0.4 is 5.32 Å². The number of aryl methyl sites for hydroxylation is 2. The van der Waals surface area contributed by atoms with E-state index in [1.165, 1.54) is 43.3 Å². The summed E-state index contributed by atoms with van der Waals surface area (Å²) in [6.07, 6.45) is 0. The van der Waals surface area contributed by atoms with Crippen LogP contribution in [0.2, 0.25) is 0 Å². The highest BCUT2D eigenvalue weighted by molar-refractivity contribution is 5.98. The number of nitrogens with one attached hydrogen (secondary N) is 1. The fourth-order valence-electron chi connectivity index (χ4n) is 2.36. The summed E-state index contributed by atoms with van der Waals surface area (Å²) in [5.41, 5.74) is 0.318. The molecule has 0 spiro atoms. The third-order valence-electron chi connectivity index (χ3n) is 3.67. The van der Waals surface area contributed by atoms with Crippen molar-refractivity contribution in [3.63, 3.8) is 0 Å². The summed E-state index contributed by atoms with van der Waals surface area (Å²) in [5, 5.41) is 24.3. The van der Waals surface area contributed by atoms with E-state index in [-0.39, 0.29) is 16.9 Å². The summed E-state index contributed by atoms with van der Waals surface area (Å²) < 4.78 is 4.85. The van der Waals surface area contributed by atoms with E-state index in [1.54, 1.807) is 6.92 Å². The Labute approximate surface area is 153 Å². The first-order valence-corrected chi connectivity index (χ1v) is 7.66. The first-order chi connectivity index (χ1) is 12.7. The number of rotatable bonds is 6. The molecule has 140 valence electrons. The molecule has 0 aliphatic heterocycles. The smallest absolute Gasteiger partial charge is 0.345 e. The highest BCUT2D eigenvalue weighted by Crippen LogP contribution is 2.24. The molecule has 27 heavy (non-hydrogen) atoms. The van der Waals surface area contributed by atoms with E-state index in [4.69, 9.17) is 4.74 Å². The third-order valence-corrected chi connectivity index (χ3v) is 3.67. The second kappa shape index (κ2) is 8.04. The van der Waals surface area contributed by atoms with Crippen LogP contribution in [0.4, 0.5) is 17.1 Å². The van der Waals surface area contributed by atoms with Crippen LogP contribution in [0.15, 0.2) is 36.4 Å². The molecule has 1 N–H and O–H groups in total. The number of nitro groups is 2. The summed E-state index contributed by atoms with van der Waals surface area (Å²) in [5.74, 6) is -1.68. The van der Waals surface area contributed by atoms with Crippen LogP contribution in [0, 0.1) is 34.1 Å². The minimum Gasteiger partial charge on any atom is -0.452 e. The molecule has 0 saturated heterocycles. The third kappa shape index (κ3) is 4.63. The second-order valence-corrected chi connectivity index (χ2v) is 5.61. The lowest BCUT2D eigenvalue weighted by Crippen LogP contribution is -2.21. The Morgan fingerprint density at radius 3 is 2.33 bits per heavy atom. The topological polar surface area (TPSA) is 142 Å². The predicted octanol–water partition coefficient (Wildman–Crippen LogP) is 2.92. The molecule has 1 amide bonds. The Morgan fingerprint density at radius 1 is 1.04 bits per heavy atom. The number of anilines is 1. The van der Waals surface area contributed by atoms with Gasteiger partial charge in [-0.15, -0.1) is 0 Å². The fraction of sp³-hybridized carbons (Fsp3) is 0.176. The van der Waals surface area contributed by atoms with Gasteiger partial charge in [-0.2, -0.15) is 0 Å². The molecule has 0 heterocycles. The first kappa shape index (κ1) is 19.5. The molecular formula is C17H15N3O7. The molecule has 2 rings (SSSR count). The van der Waals surface area contributed by atoms with Crippen molar-refractivity contribution in [2.24, 2.45) is 0 Å². The van der Waals surface area contributed by atoms with E-state index in [9.17, 15) is 29.8 Å². The minimum atomic E-state index is -0.999. The normalized spacial score (nSPS) is 10.1. The van der Waals surface area contributed by atoms with Crippen molar-refractivity contribution in [1.82, 2.24) is 0 Å². The number of carbonyl (C=O) groups excluding carboxylic acids is 2. The second-order valence-electron chi connectivity index (χ2n) is 5.61. The number of para-hydroxylation sites is 1. The average molecular weight is 373 g/mol. The van der Waals surface area contributed by atoms with E-state index >= 15 is 0 Å². The number of non-ortho nitro benzene ring substituents is 1. The van der Waals surface area contributed by atoms with Gasteiger partial charge in [0.25, 0.3) is 17.3 Å². The van der Waals surface area contributed by atoms with Gasteiger partial charge in [-0.1, -0.05) is 12.1 Å². The maximum absolute atomic E-state index is 12.1. The van der Waals surface area contributed by atoms with Crippen molar-refractivity contribution in [2.45, 2.75) is 13.8 Å². The van der Waals surface area contributed by atoms with Crippen LogP contribution in [0.3, 0.4) is 0 Å². The lowest BCUT2D eigenvalue weighted by Gasteiger charge is -2.09. The van der Waals surface area contributed by atoms with Crippen molar-refractivity contribution in [2.75, 3.05) is 11.9 Å². The van der Waals surface area contributed by atoms with Crippen LogP contribution in [-0.2, 0) is 9.53 Å². The van der Waals surface area contributed by atoms with Gasteiger partial charge in [0.2, 0.25) is 0 Å². The lowest BCUT2D eigenvalue weighted by molar-refractivity contribution is -0.385. The first-order valence-electron chi connectivity index (χ1n) is 7.66. The van der Waals surface area contributed by atoms with Gasteiger partial charge in [-0.25, -0.2) is 4.79 Å². The van der Waals surface area contributed by atoms with Crippen molar-refractivity contribution in [3.05, 3.63) is 73.3 Å². The van der Waals surface area contributed by atoms with Crippen molar-refractivity contribution >= 4 is 28.9 Å². The van der Waals surface area contributed by atoms with Gasteiger partial charge in [0.15, 0.2) is 6.61 Å². The molecule has 2 aromatic rings. The van der Waals surface area contributed by atoms with Gasteiger partial charge >= 0.3 is 5.97 Å². The molecule has 0 saturated carbocycles. The molecular weight excluding hydrogens is 358 g/mol. The van der Waals surface area contributed by atoms with Crippen molar-refractivity contribution in [3.8, 4) is 0 Å². The van der Waals surface area contributed by atoms with E-state index in [0.29, 0.717) is 16.8 Å². The van der Waals surface area contributed by atoms with Gasteiger partial charge in [0.05, 0.1) is 9.85 Å². The van der Waals surface area contributed by atoms with Crippen molar-refractivity contribution in [1.29, 1.82) is 0 Å². The number of esters is 1. The zero-order valence-electron chi connectivity index (χ0n) is 14.4. The van der Waals surface area contributed by atoms with Crippen LogP contribution in [-0.4, -0.2) is 28.3 Å². The summed E-state index contributed by atoms with van der Waals surface area (Å²) in [6.45, 7) is 2.39. The Bertz CT molecular complexity index is 940. The molecule has 10 nitrogen and oxygen atoms in total. The molecule has 0 aliphatic carbocycles. The minimum absolute atomic E-state index is 0.122. The number of amides is 1. The molecule has 0 unspecified atom stereocenters. The van der Waals surface area contributed by atoms with E-state index < -0.39 is 28.3 Å². The number of nitrogens with zero attached hydrogens (tertiary/aromatic N) is 2. The SMILES string of the molecule is Cc1cc([N+](=O)[O-])ccc1NC(=O)COC(=O)c1cccc(C)c1[N+](=O)[O-]. The zero-order chi connectivity index (χ0) is 20.1. The molecule has 0 fully saturated rings. The quantitative estimate of drug-likeness (QED) is 0.466. The average Bonchev–Trinajstić information content (AvgIpc) is 2.60. The summed E-state index contributed by atoms with van der Waals surface area (Å²) in [6, 6.07) is 8.07. The molecule has 0 bridgehead atoms. The van der Waals surface area contributed by atoms with E-state index in [2.05, 4.69) is 5.32 Å². The Morgan fingerprint density at radius 2 is 1.74 bits per heavy atom. The maximum Gasteiger partial charge on any atom is 0.345 e. The number of hydrogen-bond donors (Lipinski definition) is 1. The predicted molar refractivity (Wildman–Crippen MR) is 94.6 cm³/mol. The highest BCUT2D eigenvalue weighted by atomic mass is 16.6. The summed E-state index contributed by atoms with van der Waals surface area (Å²) in [7, 11) is 0. The molecule has 0 aromatic heterocycles. The number of benzene rings is 2. The number of hydrogen-bond acceptors (Lipinski definition) is 7. The van der Waals surface area contributed by atoms with Gasteiger partial charge in [0.1, 0.15) is 5.56 Å². The monoisotopic (exact) mass is 373 g/mol. The van der Waals surface area contributed by atoms with E-state index in [0.717, 1.165) is 0 Å². The molecule has 2 aromatic carbocycles. The molecule has 0 aliphatic rings. The number of ether oxygens (including phenoxy) is 1. The Hall–Kier alpha value is -3.82. The van der Waals surface area contributed by atoms with Gasteiger partial charge < -0.3 is 10.1 Å². The zero-order valence-corrected chi connectivity index (χ0v) is 14.4. The molecule has 10 heteroatoms. The standard InChI is InChI=1S/C17H15N3O7/c1-10-4-3-5-13(16(10)20(25)26)17(22)27-9-15(21)18-14-7-6-12(19(23)24)8-11(14)2/h3-8H,9H2,1-2H3,(H,18,21). The maximum atomic E-state index is 12.1. The molecule has 0 atom stereocenters. The van der Waals surface area contributed by atoms with Crippen LogP contribution in [0.5, 0.6) is 0 Å². The van der Waals surface area contributed by atoms with Crippen LogP contribution in [0.1, 0.15) is 21.5 Å². The number of nitro benzene ring substituents is 2. The largest absolute Gasteiger partial charge is 0.452 e. The van der Waals surface area contributed by atoms with E-state index in [1.807, 2.05) is 0 Å². The molecule has 0 radical (unpaired) electrons. The Kier molecular flexibility index (Phi) is 5.81. The van der Waals surface area contributed by atoms with Crippen LogP contribution in [0.25, 0.3) is 0 Å². The lowest BCUT2D eigenvalue weighted by atomic mass is 10.1.